The summed E-state index contributed by atoms with van der Waals surface area (Å²) in [6.45, 7) is 7.63. The molecule has 0 aromatic carbocycles. The van der Waals surface area contributed by atoms with Crippen LogP contribution < -0.4 is 21.7 Å². The van der Waals surface area contributed by atoms with Crippen LogP contribution >= 0.6 is 0 Å². The van der Waals surface area contributed by atoms with Crippen LogP contribution in [0.4, 0.5) is 0 Å². The molecule has 0 unspecified atom stereocenters. The van der Waals surface area contributed by atoms with Gasteiger partial charge in [-0.25, -0.2) is 0 Å². The number of carbonyl (C=O) groups excluding carboxylic acids is 3. The Labute approximate surface area is 166 Å². The van der Waals surface area contributed by atoms with Crippen molar-refractivity contribution in [2.45, 2.75) is 70.9 Å². The minimum Gasteiger partial charge on any atom is -0.390 e. The number of carbonyl (C=O) groups is 3. The summed E-state index contributed by atoms with van der Waals surface area (Å²) in [4.78, 5) is 36.6. The highest BCUT2D eigenvalue weighted by Gasteiger charge is 2.36. The van der Waals surface area contributed by atoms with Crippen molar-refractivity contribution in [3.63, 3.8) is 0 Å². The molecule has 8 N–H and O–H groups in total. The maximum absolute atomic E-state index is 12.6. The number of nitrogens with one attached hydrogen (secondary N) is 2. The zero-order valence-corrected chi connectivity index (χ0v) is 17.3. The third-order valence-corrected chi connectivity index (χ3v) is 4.91. The fraction of sp³-hybridized carbons (Fsp3) is 0.737. The monoisotopic (exact) mass is 399 g/mol. The third-order valence-electron chi connectivity index (χ3n) is 4.91. The van der Waals surface area contributed by atoms with E-state index < -0.39 is 36.1 Å². The molecule has 5 atom stereocenters. The lowest BCUT2D eigenvalue weighted by atomic mass is 9.89. The van der Waals surface area contributed by atoms with Crippen molar-refractivity contribution in [3.05, 3.63) is 11.6 Å². The lowest BCUT2D eigenvalue weighted by Gasteiger charge is -2.32. The number of amides is 3. The molecule has 0 saturated heterocycles. The van der Waals surface area contributed by atoms with E-state index in [4.69, 9.17) is 5.73 Å². The molecular formula is C19H35N4O5+. The minimum absolute atomic E-state index is 0.0646. The molecule has 1 rings (SSSR count). The summed E-state index contributed by atoms with van der Waals surface area (Å²) >= 11 is 0. The molecule has 0 bridgehead atoms. The number of nitrogens with two attached hydrogens (primary N) is 2. The Morgan fingerprint density at radius 1 is 1.25 bits per heavy atom. The number of hydrogen-bond acceptors (Lipinski definition) is 5. The van der Waals surface area contributed by atoms with Crippen LogP contribution in [0.15, 0.2) is 11.6 Å². The SMILES string of the molecule is C[NH2+][C@H](C(=O)N[C@@H]1C=C(C(=O)N[C@H](CC(C)C)C(N)=O)C[C@@H](O)[C@@H]1O)C(C)C. The normalized spacial score (nSPS) is 24.5. The number of rotatable bonds is 9. The van der Waals surface area contributed by atoms with Gasteiger partial charge in [-0.05, 0) is 12.3 Å². The zero-order chi connectivity index (χ0) is 21.6. The van der Waals surface area contributed by atoms with Gasteiger partial charge in [-0.3, -0.25) is 14.4 Å². The van der Waals surface area contributed by atoms with E-state index in [0.717, 1.165) is 0 Å². The second kappa shape index (κ2) is 10.5. The predicted octanol–water partition coefficient (Wildman–Crippen LogP) is -2.24. The number of aliphatic hydroxyl groups is 2. The van der Waals surface area contributed by atoms with Crippen LogP contribution in [0.5, 0.6) is 0 Å². The van der Waals surface area contributed by atoms with Gasteiger partial charge in [0.15, 0.2) is 6.04 Å². The zero-order valence-electron chi connectivity index (χ0n) is 17.3. The number of aliphatic hydroxyl groups excluding tert-OH is 2. The molecule has 0 aromatic rings. The highest BCUT2D eigenvalue weighted by Crippen LogP contribution is 2.20. The summed E-state index contributed by atoms with van der Waals surface area (Å²) in [7, 11) is 1.78. The molecule has 0 aliphatic heterocycles. The third kappa shape index (κ3) is 6.57. The van der Waals surface area contributed by atoms with Crippen LogP contribution in [0.3, 0.4) is 0 Å². The average molecular weight is 400 g/mol. The smallest absolute Gasteiger partial charge is 0.279 e. The van der Waals surface area contributed by atoms with Gasteiger partial charge in [0.1, 0.15) is 12.1 Å². The second-order valence-electron chi connectivity index (χ2n) is 8.15. The fourth-order valence-corrected chi connectivity index (χ4v) is 3.33. The highest BCUT2D eigenvalue weighted by atomic mass is 16.3. The molecule has 9 heteroatoms. The Balaban J connectivity index is 2.96. The summed E-state index contributed by atoms with van der Waals surface area (Å²) in [5.74, 6) is -1.26. The molecule has 9 nitrogen and oxygen atoms in total. The molecule has 0 spiro atoms. The van der Waals surface area contributed by atoms with E-state index in [1.54, 1.807) is 12.4 Å². The van der Waals surface area contributed by atoms with Gasteiger partial charge in [-0.2, -0.15) is 0 Å². The van der Waals surface area contributed by atoms with E-state index >= 15 is 0 Å². The topological polar surface area (TPSA) is 158 Å². The average Bonchev–Trinajstić information content (AvgIpc) is 2.57. The standard InChI is InChI=1S/C19H34N4O5/c1-9(2)6-13(17(20)26)23-18(27)11-7-12(16(25)14(24)8-11)22-19(28)15(21-5)10(3)4/h7,9-10,12-16,21,24-25H,6,8H2,1-5H3,(H2,20,26)(H,22,28)(H,23,27)/p+1/t12-,13-,14-,15+,16-/m1/s1. The fourth-order valence-electron chi connectivity index (χ4n) is 3.33. The van der Waals surface area contributed by atoms with Gasteiger partial charge < -0.3 is 31.9 Å². The predicted molar refractivity (Wildman–Crippen MR) is 104 cm³/mol. The minimum atomic E-state index is -1.23. The quantitative estimate of drug-likeness (QED) is 0.258. The first-order chi connectivity index (χ1) is 13.0. The van der Waals surface area contributed by atoms with Gasteiger partial charge in [-0.15, -0.1) is 0 Å². The Bertz CT molecular complexity index is 605. The number of hydrogen-bond donors (Lipinski definition) is 6. The molecule has 160 valence electrons. The van der Waals surface area contributed by atoms with Gasteiger partial charge in [-0.1, -0.05) is 33.8 Å². The van der Waals surface area contributed by atoms with Crippen LogP contribution in [0.25, 0.3) is 0 Å². The van der Waals surface area contributed by atoms with E-state index in [1.807, 2.05) is 27.7 Å². The van der Waals surface area contributed by atoms with Crippen molar-refractivity contribution in [1.29, 1.82) is 0 Å². The Hall–Kier alpha value is -1.97. The van der Waals surface area contributed by atoms with Crippen molar-refractivity contribution in [1.82, 2.24) is 10.6 Å². The van der Waals surface area contributed by atoms with Crippen molar-refractivity contribution in [3.8, 4) is 0 Å². The van der Waals surface area contributed by atoms with Crippen LogP contribution in [-0.2, 0) is 14.4 Å². The first-order valence-electron chi connectivity index (χ1n) is 9.74. The summed E-state index contributed by atoms with van der Waals surface area (Å²) in [6, 6.07) is -2.09. The summed E-state index contributed by atoms with van der Waals surface area (Å²) in [5, 5.41) is 27.4. The van der Waals surface area contributed by atoms with Crippen molar-refractivity contribution in [2.24, 2.45) is 17.6 Å². The number of primary amides is 1. The summed E-state index contributed by atoms with van der Waals surface area (Å²) in [5.41, 5.74) is 5.55. The molecule has 0 heterocycles. The van der Waals surface area contributed by atoms with Crippen molar-refractivity contribution in [2.75, 3.05) is 7.05 Å². The Morgan fingerprint density at radius 2 is 1.86 bits per heavy atom. The van der Waals surface area contributed by atoms with E-state index in [1.165, 1.54) is 6.08 Å². The van der Waals surface area contributed by atoms with E-state index in [-0.39, 0.29) is 35.8 Å². The van der Waals surface area contributed by atoms with Crippen molar-refractivity contribution >= 4 is 17.7 Å². The molecule has 0 fully saturated rings. The molecule has 0 aromatic heterocycles. The summed E-state index contributed by atoms with van der Waals surface area (Å²) in [6.07, 6.45) is -0.697. The Kier molecular flexibility index (Phi) is 9.06. The number of quaternary nitrogens is 1. The molecule has 1 aliphatic carbocycles. The van der Waals surface area contributed by atoms with Gasteiger partial charge in [0.05, 0.1) is 19.2 Å². The molecule has 0 radical (unpaired) electrons. The lowest BCUT2D eigenvalue weighted by Crippen LogP contribution is -2.90. The maximum atomic E-state index is 12.6. The maximum Gasteiger partial charge on any atom is 0.279 e. The van der Waals surface area contributed by atoms with Gasteiger partial charge in [0.25, 0.3) is 5.91 Å². The van der Waals surface area contributed by atoms with E-state index in [0.29, 0.717) is 6.42 Å². The molecule has 0 saturated carbocycles. The van der Waals surface area contributed by atoms with Gasteiger partial charge >= 0.3 is 0 Å². The first-order valence-corrected chi connectivity index (χ1v) is 9.74. The van der Waals surface area contributed by atoms with Crippen LogP contribution in [0, 0.1) is 11.8 Å². The highest BCUT2D eigenvalue weighted by molar-refractivity contribution is 5.97. The molecule has 1 aliphatic rings. The number of likely N-dealkylation sites (N-methyl/N-ethyl adjacent to an activating group) is 1. The first kappa shape index (κ1) is 24.1. The van der Waals surface area contributed by atoms with Gasteiger partial charge in [0.2, 0.25) is 11.8 Å². The Morgan fingerprint density at radius 3 is 2.32 bits per heavy atom. The van der Waals surface area contributed by atoms with Crippen LogP contribution in [0.2, 0.25) is 0 Å². The lowest BCUT2D eigenvalue weighted by molar-refractivity contribution is -0.656. The van der Waals surface area contributed by atoms with Crippen molar-refractivity contribution < 1.29 is 29.9 Å². The molecular weight excluding hydrogens is 364 g/mol. The van der Waals surface area contributed by atoms with Gasteiger partial charge in [0, 0.05) is 17.9 Å². The summed E-state index contributed by atoms with van der Waals surface area (Å²) < 4.78 is 0. The van der Waals surface area contributed by atoms with E-state index in [2.05, 4.69) is 10.6 Å². The van der Waals surface area contributed by atoms with Crippen LogP contribution in [0.1, 0.15) is 40.5 Å². The van der Waals surface area contributed by atoms with Crippen LogP contribution in [-0.4, -0.2) is 65.3 Å². The van der Waals surface area contributed by atoms with E-state index in [9.17, 15) is 24.6 Å². The second-order valence-corrected chi connectivity index (χ2v) is 8.15. The largest absolute Gasteiger partial charge is 0.390 e. The molecule has 3 amide bonds. The molecule has 28 heavy (non-hydrogen) atoms.